The molecule has 0 saturated carbocycles. The summed E-state index contributed by atoms with van der Waals surface area (Å²) < 4.78 is 8.90. The summed E-state index contributed by atoms with van der Waals surface area (Å²) in [5.74, 6) is 1.92. The summed E-state index contributed by atoms with van der Waals surface area (Å²) in [6, 6.07) is 58.5. The number of para-hydroxylation sites is 2. The third kappa shape index (κ3) is 4.60. The Labute approximate surface area is 287 Å². The predicted molar refractivity (Wildman–Crippen MR) is 203 cm³/mol. The lowest BCUT2D eigenvalue weighted by atomic mass is 9.98. The van der Waals surface area contributed by atoms with Gasteiger partial charge in [-0.1, -0.05) is 133 Å². The number of hydrogen-bond donors (Lipinski definition) is 0. The van der Waals surface area contributed by atoms with E-state index in [1.54, 1.807) is 0 Å². The van der Waals surface area contributed by atoms with E-state index in [0.717, 1.165) is 61.0 Å². The van der Waals surface area contributed by atoms with Crippen molar-refractivity contribution in [3.8, 4) is 51.0 Å². The summed E-state index contributed by atoms with van der Waals surface area (Å²) in [6.07, 6.45) is 0. The van der Waals surface area contributed by atoms with E-state index in [1.165, 1.54) is 16.3 Å². The molecule has 7 aromatic carbocycles. The number of fused-ring (bicyclic) bond motifs is 6. The lowest BCUT2D eigenvalue weighted by Crippen LogP contribution is -2.00. The molecule has 0 aliphatic rings. The van der Waals surface area contributed by atoms with Crippen molar-refractivity contribution >= 4 is 43.7 Å². The quantitative estimate of drug-likeness (QED) is 0.188. The van der Waals surface area contributed by atoms with Crippen LogP contribution < -0.4 is 0 Å². The largest absolute Gasteiger partial charge is 0.456 e. The van der Waals surface area contributed by atoms with Crippen molar-refractivity contribution in [3.05, 3.63) is 170 Å². The van der Waals surface area contributed by atoms with Gasteiger partial charge in [-0.25, -0.2) is 15.0 Å². The van der Waals surface area contributed by atoms with E-state index in [0.29, 0.717) is 17.5 Å². The van der Waals surface area contributed by atoms with Gasteiger partial charge >= 0.3 is 0 Å². The minimum atomic E-state index is 0.632. The Morgan fingerprint density at radius 2 is 0.940 bits per heavy atom. The van der Waals surface area contributed by atoms with Gasteiger partial charge in [-0.2, -0.15) is 0 Å². The molecule has 3 aromatic heterocycles. The zero-order chi connectivity index (χ0) is 33.0. The average molecular weight is 641 g/mol. The van der Waals surface area contributed by atoms with Crippen LogP contribution in [0, 0.1) is 0 Å². The molecule has 0 aliphatic carbocycles. The van der Waals surface area contributed by atoms with E-state index in [2.05, 4.69) is 114 Å². The summed E-state index contributed by atoms with van der Waals surface area (Å²) in [5.41, 5.74) is 10.2. The SMILES string of the molecule is c1ccc(-c2nc(-c3ccccc3)nc(-c3ccc(-c4cccc5oc6cc7c8ccccc8n(-c8ccccc8)c7cc6c45)cc3)n2)cc1. The monoisotopic (exact) mass is 640 g/mol. The fourth-order valence-electron chi connectivity index (χ4n) is 7.12. The molecule has 0 N–H and O–H groups in total. The van der Waals surface area contributed by atoms with Crippen molar-refractivity contribution in [1.29, 1.82) is 0 Å². The summed E-state index contributed by atoms with van der Waals surface area (Å²) in [7, 11) is 0. The molecule has 0 fully saturated rings. The van der Waals surface area contributed by atoms with Crippen LogP contribution in [-0.2, 0) is 0 Å². The Morgan fingerprint density at radius 1 is 0.380 bits per heavy atom. The van der Waals surface area contributed by atoms with Gasteiger partial charge in [0.2, 0.25) is 0 Å². The van der Waals surface area contributed by atoms with Gasteiger partial charge in [0.1, 0.15) is 11.2 Å². The first-order chi connectivity index (χ1) is 24.8. The second kappa shape index (κ2) is 11.4. The molecule has 0 spiro atoms. The van der Waals surface area contributed by atoms with Gasteiger partial charge in [-0.05, 0) is 47.5 Å². The van der Waals surface area contributed by atoms with Gasteiger partial charge in [0.15, 0.2) is 17.5 Å². The van der Waals surface area contributed by atoms with Gasteiger partial charge in [0.05, 0.1) is 11.0 Å². The molecule has 5 heteroatoms. The lowest BCUT2D eigenvalue weighted by molar-refractivity contribution is 0.669. The molecule has 0 saturated heterocycles. The molecule has 3 heterocycles. The third-order valence-corrected chi connectivity index (χ3v) is 9.46. The number of rotatable bonds is 5. The highest BCUT2D eigenvalue weighted by Crippen LogP contribution is 2.41. The first kappa shape index (κ1) is 28.2. The molecule has 50 heavy (non-hydrogen) atoms. The molecule has 0 atom stereocenters. The van der Waals surface area contributed by atoms with Crippen LogP contribution in [0.4, 0.5) is 0 Å². The molecule has 10 rings (SSSR count). The highest BCUT2D eigenvalue weighted by atomic mass is 16.3. The first-order valence-electron chi connectivity index (χ1n) is 16.7. The first-order valence-corrected chi connectivity index (χ1v) is 16.7. The van der Waals surface area contributed by atoms with Gasteiger partial charge in [0.25, 0.3) is 0 Å². The number of hydrogen-bond acceptors (Lipinski definition) is 4. The van der Waals surface area contributed by atoms with Crippen LogP contribution in [0.2, 0.25) is 0 Å². The van der Waals surface area contributed by atoms with Crippen LogP contribution in [0.1, 0.15) is 0 Å². The second-order valence-corrected chi connectivity index (χ2v) is 12.5. The lowest BCUT2D eigenvalue weighted by Gasteiger charge is -2.09. The van der Waals surface area contributed by atoms with Crippen molar-refractivity contribution in [2.24, 2.45) is 0 Å². The van der Waals surface area contributed by atoms with Crippen LogP contribution in [-0.4, -0.2) is 19.5 Å². The maximum Gasteiger partial charge on any atom is 0.164 e. The maximum atomic E-state index is 6.55. The van der Waals surface area contributed by atoms with E-state index in [9.17, 15) is 0 Å². The second-order valence-electron chi connectivity index (χ2n) is 12.5. The Kier molecular flexibility index (Phi) is 6.42. The molecule has 234 valence electrons. The van der Waals surface area contributed by atoms with Crippen LogP contribution in [0.5, 0.6) is 0 Å². The highest BCUT2D eigenvalue weighted by Gasteiger charge is 2.19. The molecule has 0 aliphatic heterocycles. The Morgan fingerprint density at radius 3 is 1.60 bits per heavy atom. The Bertz CT molecular complexity index is 2780. The van der Waals surface area contributed by atoms with Crippen molar-refractivity contribution in [3.63, 3.8) is 0 Å². The van der Waals surface area contributed by atoms with Gasteiger partial charge < -0.3 is 8.98 Å². The smallest absolute Gasteiger partial charge is 0.164 e. The van der Waals surface area contributed by atoms with E-state index in [1.807, 2.05) is 60.7 Å². The van der Waals surface area contributed by atoms with Crippen molar-refractivity contribution in [1.82, 2.24) is 19.5 Å². The van der Waals surface area contributed by atoms with Crippen LogP contribution >= 0.6 is 0 Å². The van der Waals surface area contributed by atoms with Gasteiger partial charge in [-0.3, -0.25) is 0 Å². The summed E-state index contributed by atoms with van der Waals surface area (Å²) >= 11 is 0. The molecular formula is C45H28N4O. The fourth-order valence-corrected chi connectivity index (χ4v) is 7.12. The number of nitrogens with zero attached hydrogens (tertiary/aromatic N) is 4. The Hall–Kier alpha value is -6.85. The van der Waals surface area contributed by atoms with E-state index < -0.39 is 0 Å². The van der Waals surface area contributed by atoms with Crippen LogP contribution in [0.25, 0.3) is 94.7 Å². The molecule has 10 aromatic rings. The standard InChI is InChI=1S/C45H28N4O/c1-4-13-30(14-5-1)43-46-44(31-15-6-2-7-16-31)48-45(47-43)32-25-23-29(24-26-32)34-20-12-22-40-42(34)37-27-39-36(28-41(37)50-40)35-19-10-11-21-38(35)49(39)33-17-8-3-9-18-33/h1-28H. The van der Waals surface area contributed by atoms with Crippen LogP contribution in [0.15, 0.2) is 174 Å². The van der Waals surface area contributed by atoms with Crippen molar-refractivity contribution in [2.45, 2.75) is 0 Å². The molecular weight excluding hydrogens is 613 g/mol. The summed E-state index contributed by atoms with van der Waals surface area (Å²) in [4.78, 5) is 14.7. The molecule has 0 unspecified atom stereocenters. The molecule has 0 bridgehead atoms. The normalized spacial score (nSPS) is 11.6. The van der Waals surface area contributed by atoms with E-state index in [4.69, 9.17) is 19.4 Å². The minimum Gasteiger partial charge on any atom is -0.456 e. The summed E-state index contributed by atoms with van der Waals surface area (Å²) in [5, 5.41) is 4.56. The molecule has 0 amide bonds. The maximum absolute atomic E-state index is 6.55. The summed E-state index contributed by atoms with van der Waals surface area (Å²) in [6.45, 7) is 0. The number of aromatic nitrogens is 4. The molecule has 5 nitrogen and oxygen atoms in total. The predicted octanol–water partition coefficient (Wildman–Crippen LogP) is 11.5. The van der Waals surface area contributed by atoms with Crippen LogP contribution in [0.3, 0.4) is 0 Å². The van der Waals surface area contributed by atoms with Gasteiger partial charge in [-0.15, -0.1) is 0 Å². The topological polar surface area (TPSA) is 56.7 Å². The van der Waals surface area contributed by atoms with Gasteiger partial charge in [0, 0.05) is 43.9 Å². The zero-order valence-corrected chi connectivity index (χ0v) is 26.9. The van der Waals surface area contributed by atoms with Crippen molar-refractivity contribution in [2.75, 3.05) is 0 Å². The number of benzene rings is 7. The minimum absolute atomic E-state index is 0.632. The zero-order valence-electron chi connectivity index (χ0n) is 26.9. The Balaban J connectivity index is 1.12. The highest BCUT2D eigenvalue weighted by molar-refractivity contribution is 6.19. The third-order valence-electron chi connectivity index (χ3n) is 9.46. The molecule has 0 radical (unpaired) electrons. The average Bonchev–Trinajstić information content (AvgIpc) is 3.73. The van der Waals surface area contributed by atoms with E-state index in [-0.39, 0.29) is 0 Å². The number of furan rings is 1. The fraction of sp³-hybridized carbons (Fsp3) is 0. The van der Waals surface area contributed by atoms with E-state index >= 15 is 0 Å². The van der Waals surface area contributed by atoms with Crippen molar-refractivity contribution < 1.29 is 4.42 Å².